The van der Waals surface area contributed by atoms with Gasteiger partial charge in [-0.25, -0.2) is 9.97 Å². The first-order chi connectivity index (χ1) is 12.3. The lowest BCUT2D eigenvalue weighted by atomic mass is 10.2. The van der Waals surface area contributed by atoms with Gasteiger partial charge in [-0.2, -0.15) is 0 Å². The van der Waals surface area contributed by atoms with Gasteiger partial charge >= 0.3 is 0 Å². The van der Waals surface area contributed by atoms with Crippen LogP contribution in [0.3, 0.4) is 0 Å². The smallest absolute Gasteiger partial charge is 0.271 e. The van der Waals surface area contributed by atoms with E-state index in [1.54, 1.807) is 19.5 Å². The number of methoxy groups -OCH3 is 1. The van der Waals surface area contributed by atoms with E-state index in [1.165, 1.54) is 25.7 Å². The molecule has 1 amide bonds. The van der Waals surface area contributed by atoms with Crippen molar-refractivity contribution in [2.75, 3.05) is 25.1 Å². The first-order valence-corrected chi connectivity index (χ1v) is 8.75. The van der Waals surface area contributed by atoms with Gasteiger partial charge in [0, 0.05) is 25.2 Å². The van der Waals surface area contributed by atoms with Gasteiger partial charge in [-0.05, 0) is 18.9 Å². The van der Waals surface area contributed by atoms with Gasteiger partial charge in [0.2, 0.25) is 0 Å². The Bertz CT molecular complexity index is 695. The van der Waals surface area contributed by atoms with E-state index in [4.69, 9.17) is 4.74 Å². The number of carbonyl (C=O) groups is 1. The predicted octanol–water partition coefficient (Wildman–Crippen LogP) is 2.80. The Balaban J connectivity index is 1.60. The fraction of sp³-hybridized carbons (Fsp3) is 0.421. The van der Waals surface area contributed by atoms with Crippen LogP contribution in [0.2, 0.25) is 0 Å². The second-order valence-corrected chi connectivity index (χ2v) is 6.16. The zero-order chi connectivity index (χ0) is 17.5. The van der Waals surface area contributed by atoms with Crippen molar-refractivity contribution in [3.8, 4) is 5.75 Å². The Morgan fingerprint density at radius 3 is 2.56 bits per heavy atom. The van der Waals surface area contributed by atoms with E-state index in [9.17, 15) is 4.79 Å². The van der Waals surface area contributed by atoms with E-state index >= 15 is 0 Å². The highest BCUT2D eigenvalue weighted by Crippen LogP contribution is 2.18. The number of anilines is 1. The molecular formula is C19H24N4O2. The van der Waals surface area contributed by atoms with Crippen LogP contribution in [0.1, 0.15) is 41.7 Å². The van der Waals surface area contributed by atoms with Gasteiger partial charge in [0.25, 0.3) is 5.91 Å². The molecule has 1 aliphatic heterocycles. The summed E-state index contributed by atoms with van der Waals surface area (Å²) in [5.41, 5.74) is 1.25. The summed E-state index contributed by atoms with van der Waals surface area (Å²) >= 11 is 0. The SMILES string of the molecule is COc1ccccc1CNC(=O)c1cnc(N2CCCCCC2)cn1. The molecule has 3 rings (SSSR count). The maximum Gasteiger partial charge on any atom is 0.271 e. The molecule has 6 nitrogen and oxygen atoms in total. The highest BCUT2D eigenvalue weighted by atomic mass is 16.5. The first-order valence-electron chi connectivity index (χ1n) is 8.75. The van der Waals surface area contributed by atoms with Crippen molar-refractivity contribution in [2.45, 2.75) is 32.2 Å². The molecule has 0 saturated carbocycles. The van der Waals surface area contributed by atoms with Crippen molar-refractivity contribution in [1.82, 2.24) is 15.3 Å². The maximum atomic E-state index is 12.3. The number of nitrogens with zero attached hydrogens (tertiary/aromatic N) is 3. The standard InChI is InChI=1S/C19H24N4O2/c1-25-17-9-5-4-8-15(17)12-22-19(24)16-13-21-18(14-20-16)23-10-6-2-3-7-11-23/h4-5,8-9,13-14H,2-3,6-7,10-12H2,1H3,(H,22,24). The molecule has 0 unspecified atom stereocenters. The van der Waals surface area contributed by atoms with Crippen molar-refractivity contribution in [1.29, 1.82) is 0 Å². The molecule has 132 valence electrons. The van der Waals surface area contributed by atoms with Crippen molar-refractivity contribution < 1.29 is 9.53 Å². The number of amides is 1. The van der Waals surface area contributed by atoms with Gasteiger partial charge in [-0.3, -0.25) is 4.79 Å². The zero-order valence-corrected chi connectivity index (χ0v) is 14.6. The number of aromatic nitrogens is 2. The van der Waals surface area contributed by atoms with Crippen molar-refractivity contribution in [3.63, 3.8) is 0 Å². The van der Waals surface area contributed by atoms with Crippen LogP contribution in [0.4, 0.5) is 5.82 Å². The lowest BCUT2D eigenvalue weighted by Crippen LogP contribution is -2.27. The predicted molar refractivity (Wildman–Crippen MR) is 96.9 cm³/mol. The van der Waals surface area contributed by atoms with Crippen LogP contribution in [0, 0.1) is 0 Å². The summed E-state index contributed by atoms with van der Waals surface area (Å²) in [7, 11) is 1.62. The van der Waals surface area contributed by atoms with Gasteiger partial charge in [-0.1, -0.05) is 31.0 Å². The Morgan fingerprint density at radius 2 is 1.88 bits per heavy atom. The second kappa shape index (κ2) is 8.46. The average Bonchev–Trinajstić information content (AvgIpc) is 2.96. The molecule has 6 heteroatoms. The van der Waals surface area contributed by atoms with Gasteiger partial charge in [0.1, 0.15) is 17.3 Å². The summed E-state index contributed by atoms with van der Waals surface area (Å²) in [6.45, 7) is 2.40. The van der Waals surface area contributed by atoms with E-state index in [2.05, 4.69) is 20.2 Å². The Hall–Kier alpha value is -2.63. The van der Waals surface area contributed by atoms with Gasteiger partial charge < -0.3 is 15.0 Å². The third kappa shape index (κ3) is 4.47. The molecule has 0 aliphatic carbocycles. The van der Waals surface area contributed by atoms with Crippen LogP contribution < -0.4 is 15.0 Å². The minimum Gasteiger partial charge on any atom is -0.496 e. The maximum absolute atomic E-state index is 12.3. The molecule has 1 aromatic heterocycles. The third-order valence-electron chi connectivity index (χ3n) is 4.43. The number of rotatable bonds is 5. The van der Waals surface area contributed by atoms with E-state index in [-0.39, 0.29) is 5.91 Å². The van der Waals surface area contributed by atoms with E-state index in [0.29, 0.717) is 12.2 Å². The molecule has 25 heavy (non-hydrogen) atoms. The molecule has 1 fully saturated rings. The van der Waals surface area contributed by atoms with Crippen molar-refractivity contribution >= 4 is 11.7 Å². The molecule has 0 spiro atoms. The fourth-order valence-corrected chi connectivity index (χ4v) is 3.02. The van der Waals surface area contributed by atoms with Gasteiger partial charge in [0.15, 0.2) is 0 Å². The lowest BCUT2D eigenvalue weighted by molar-refractivity contribution is 0.0945. The van der Waals surface area contributed by atoms with Crippen LogP contribution in [0.25, 0.3) is 0 Å². The molecule has 1 saturated heterocycles. The number of carbonyl (C=O) groups excluding carboxylic acids is 1. The minimum atomic E-state index is -0.235. The van der Waals surface area contributed by atoms with E-state index < -0.39 is 0 Å². The monoisotopic (exact) mass is 340 g/mol. The third-order valence-corrected chi connectivity index (χ3v) is 4.43. The minimum absolute atomic E-state index is 0.235. The normalized spacial score (nSPS) is 14.7. The molecule has 0 radical (unpaired) electrons. The fourth-order valence-electron chi connectivity index (χ4n) is 3.02. The zero-order valence-electron chi connectivity index (χ0n) is 14.6. The van der Waals surface area contributed by atoms with Crippen LogP contribution in [0.5, 0.6) is 5.75 Å². The van der Waals surface area contributed by atoms with Crippen LogP contribution in [-0.2, 0) is 6.54 Å². The van der Waals surface area contributed by atoms with Gasteiger partial charge in [-0.15, -0.1) is 0 Å². The number of hydrogen-bond donors (Lipinski definition) is 1. The number of nitrogens with one attached hydrogen (secondary N) is 1. The summed E-state index contributed by atoms with van der Waals surface area (Å²) in [6.07, 6.45) is 8.16. The topological polar surface area (TPSA) is 67.3 Å². The number of benzene rings is 1. The van der Waals surface area contributed by atoms with Crippen LogP contribution >= 0.6 is 0 Å². The highest BCUT2D eigenvalue weighted by molar-refractivity contribution is 5.92. The van der Waals surface area contributed by atoms with Crippen molar-refractivity contribution in [3.05, 3.63) is 47.9 Å². The molecule has 1 N–H and O–H groups in total. The summed E-state index contributed by atoms with van der Waals surface area (Å²) in [5.74, 6) is 1.37. The quantitative estimate of drug-likeness (QED) is 0.906. The van der Waals surface area contributed by atoms with E-state index in [0.717, 1.165) is 30.2 Å². The Kier molecular flexibility index (Phi) is 5.82. The van der Waals surface area contributed by atoms with Crippen LogP contribution in [0.15, 0.2) is 36.7 Å². The number of ether oxygens (including phenoxy) is 1. The Labute approximate surface area is 148 Å². The first kappa shape index (κ1) is 17.2. The van der Waals surface area contributed by atoms with Gasteiger partial charge in [0.05, 0.1) is 19.5 Å². The molecule has 2 heterocycles. The molecule has 1 aromatic carbocycles. The number of para-hydroxylation sites is 1. The summed E-state index contributed by atoms with van der Waals surface area (Å²) in [4.78, 5) is 23.3. The molecule has 1 aliphatic rings. The molecule has 2 aromatic rings. The second-order valence-electron chi connectivity index (χ2n) is 6.16. The highest BCUT2D eigenvalue weighted by Gasteiger charge is 2.13. The molecule has 0 bridgehead atoms. The number of hydrogen-bond acceptors (Lipinski definition) is 5. The summed E-state index contributed by atoms with van der Waals surface area (Å²) < 4.78 is 5.29. The average molecular weight is 340 g/mol. The summed E-state index contributed by atoms with van der Waals surface area (Å²) in [6, 6.07) is 7.61. The lowest BCUT2D eigenvalue weighted by Gasteiger charge is -2.20. The van der Waals surface area contributed by atoms with Crippen LogP contribution in [-0.4, -0.2) is 36.1 Å². The van der Waals surface area contributed by atoms with E-state index in [1.807, 2.05) is 24.3 Å². The molecular weight excluding hydrogens is 316 g/mol. The largest absolute Gasteiger partial charge is 0.496 e. The Morgan fingerprint density at radius 1 is 1.12 bits per heavy atom. The van der Waals surface area contributed by atoms with Crippen molar-refractivity contribution in [2.24, 2.45) is 0 Å². The molecule has 0 atom stereocenters. The summed E-state index contributed by atoms with van der Waals surface area (Å²) in [5, 5.41) is 2.86.